The zero-order valence-corrected chi connectivity index (χ0v) is 10.6. The number of hydrogen-bond acceptors (Lipinski definition) is 5. The molecule has 7 nitrogen and oxygen atoms in total. The fraction of sp³-hybridized carbons (Fsp3) is 0.250. The molecule has 0 spiro atoms. The third kappa shape index (κ3) is 5.53. The van der Waals surface area contributed by atoms with E-state index < -0.39 is 12.0 Å². The Morgan fingerprint density at radius 2 is 2.05 bits per heavy atom. The van der Waals surface area contributed by atoms with E-state index in [1.54, 1.807) is 31.2 Å². The Kier molecular flexibility index (Phi) is 5.87. The van der Waals surface area contributed by atoms with Crippen LogP contribution in [0.25, 0.3) is 0 Å². The number of benzene rings is 1. The van der Waals surface area contributed by atoms with Crippen molar-refractivity contribution >= 4 is 23.9 Å². The number of rotatable bonds is 5. The van der Waals surface area contributed by atoms with E-state index in [4.69, 9.17) is 5.84 Å². The molecule has 0 fully saturated rings. The highest BCUT2D eigenvalue weighted by Crippen LogP contribution is 2.07. The molecule has 0 atom stereocenters. The molecule has 0 unspecified atom stereocenters. The molecule has 1 rings (SSSR count). The number of amides is 2. The predicted octanol–water partition coefficient (Wildman–Crippen LogP) is 0.664. The highest BCUT2D eigenvalue weighted by atomic mass is 16.5. The van der Waals surface area contributed by atoms with Crippen LogP contribution >= 0.6 is 0 Å². The third-order valence-corrected chi connectivity index (χ3v) is 2.09. The van der Waals surface area contributed by atoms with Crippen molar-refractivity contribution in [3.63, 3.8) is 0 Å². The summed E-state index contributed by atoms with van der Waals surface area (Å²) in [5.74, 6) is 4.54. The molecule has 19 heavy (non-hydrogen) atoms. The highest BCUT2D eigenvalue weighted by molar-refractivity contribution is 5.91. The van der Waals surface area contributed by atoms with Crippen molar-refractivity contribution in [2.45, 2.75) is 6.92 Å². The van der Waals surface area contributed by atoms with Crippen molar-refractivity contribution in [3.05, 3.63) is 29.8 Å². The lowest BCUT2D eigenvalue weighted by Crippen LogP contribution is -2.34. The number of carbonyl (C=O) groups excluding carboxylic acids is 2. The number of urea groups is 1. The van der Waals surface area contributed by atoms with Crippen LogP contribution in [0.4, 0.5) is 10.5 Å². The van der Waals surface area contributed by atoms with Crippen LogP contribution in [0.5, 0.6) is 0 Å². The average molecular weight is 264 g/mol. The number of nitrogens with two attached hydrogens (primary N) is 1. The molecule has 7 heteroatoms. The lowest BCUT2D eigenvalue weighted by atomic mass is 10.2. The molecule has 0 aliphatic carbocycles. The standard InChI is InChI=1S/C12H16N4O3/c1-2-19-11(17)8-14-12(18)16-10-5-3-9(4-6-10)7-15-13/h3-7H,2,8,13H2,1H3,(H2,14,16,18). The molecule has 0 saturated carbocycles. The smallest absolute Gasteiger partial charge is 0.325 e. The van der Waals surface area contributed by atoms with Crippen LogP contribution < -0.4 is 16.5 Å². The number of hydrogen-bond donors (Lipinski definition) is 3. The number of nitrogens with zero attached hydrogens (tertiary/aromatic N) is 1. The molecule has 0 bridgehead atoms. The topological polar surface area (TPSA) is 106 Å². The molecule has 2 amide bonds. The zero-order chi connectivity index (χ0) is 14.1. The summed E-state index contributed by atoms with van der Waals surface area (Å²) in [5, 5.41) is 8.35. The van der Waals surface area contributed by atoms with Crippen molar-refractivity contribution in [1.82, 2.24) is 5.32 Å². The van der Waals surface area contributed by atoms with E-state index in [1.807, 2.05) is 0 Å². The van der Waals surface area contributed by atoms with Crippen molar-refractivity contribution in [2.75, 3.05) is 18.5 Å². The van der Waals surface area contributed by atoms with E-state index >= 15 is 0 Å². The predicted molar refractivity (Wildman–Crippen MR) is 71.9 cm³/mol. The van der Waals surface area contributed by atoms with Crippen LogP contribution in [0, 0.1) is 0 Å². The van der Waals surface area contributed by atoms with Crippen LogP contribution in [0.1, 0.15) is 12.5 Å². The van der Waals surface area contributed by atoms with Crippen molar-refractivity contribution < 1.29 is 14.3 Å². The van der Waals surface area contributed by atoms with Crippen molar-refractivity contribution in [3.8, 4) is 0 Å². The first-order valence-corrected chi connectivity index (χ1v) is 5.69. The third-order valence-electron chi connectivity index (χ3n) is 2.09. The Morgan fingerprint density at radius 3 is 2.63 bits per heavy atom. The zero-order valence-electron chi connectivity index (χ0n) is 10.6. The maximum absolute atomic E-state index is 11.5. The van der Waals surface area contributed by atoms with Gasteiger partial charge in [0.05, 0.1) is 12.8 Å². The normalized spacial score (nSPS) is 10.2. The van der Waals surface area contributed by atoms with E-state index in [9.17, 15) is 9.59 Å². The maximum Gasteiger partial charge on any atom is 0.325 e. The molecule has 0 aliphatic rings. The number of hydrazone groups is 1. The first kappa shape index (κ1) is 14.5. The van der Waals surface area contributed by atoms with E-state index in [2.05, 4.69) is 20.5 Å². The number of anilines is 1. The Morgan fingerprint density at radius 1 is 1.37 bits per heavy atom. The van der Waals surface area contributed by atoms with Crippen LogP contribution in [0.3, 0.4) is 0 Å². The van der Waals surface area contributed by atoms with Gasteiger partial charge < -0.3 is 21.2 Å². The Balaban J connectivity index is 2.41. The summed E-state index contributed by atoms with van der Waals surface area (Å²) in [6, 6.07) is 6.41. The molecule has 0 saturated heterocycles. The molecule has 4 N–H and O–H groups in total. The van der Waals surface area contributed by atoms with Crippen molar-refractivity contribution in [2.24, 2.45) is 10.9 Å². The maximum atomic E-state index is 11.5. The lowest BCUT2D eigenvalue weighted by molar-refractivity contribution is -0.141. The fourth-order valence-electron chi connectivity index (χ4n) is 1.28. The molecule has 1 aromatic rings. The summed E-state index contributed by atoms with van der Waals surface area (Å²) < 4.78 is 4.68. The van der Waals surface area contributed by atoms with Crippen LogP contribution in [0.2, 0.25) is 0 Å². The summed E-state index contributed by atoms with van der Waals surface area (Å²) in [5.41, 5.74) is 1.41. The van der Waals surface area contributed by atoms with Crippen LogP contribution in [-0.2, 0) is 9.53 Å². The van der Waals surface area contributed by atoms with Gasteiger partial charge in [-0.25, -0.2) is 4.79 Å². The van der Waals surface area contributed by atoms with Gasteiger partial charge in [0.25, 0.3) is 0 Å². The quantitative estimate of drug-likeness (QED) is 0.314. The number of esters is 1. The number of carbonyl (C=O) groups is 2. The van der Waals surface area contributed by atoms with Gasteiger partial charge in [-0.15, -0.1) is 0 Å². The first-order chi connectivity index (χ1) is 9.15. The van der Waals surface area contributed by atoms with Crippen LogP contribution in [0.15, 0.2) is 29.4 Å². The summed E-state index contributed by atoms with van der Waals surface area (Å²) in [6.07, 6.45) is 1.49. The van der Waals surface area contributed by atoms with Gasteiger partial charge in [-0.05, 0) is 24.6 Å². The molecular formula is C12H16N4O3. The SMILES string of the molecule is CCOC(=O)CNC(=O)Nc1ccc(C=NN)cc1. The monoisotopic (exact) mass is 264 g/mol. The van der Waals surface area contributed by atoms with Gasteiger partial charge in [-0.3, -0.25) is 4.79 Å². The molecule has 102 valence electrons. The average Bonchev–Trinajstić information content (AvgIpc) is 2.39. The summed E-state index contributed by atoms with van der Waals surface area (Å²) in [4.78, 5) is 22.5. The van der Waals surface area contributed by atoms with Gasteiger partial charge in [0.1, 0.15) is 6.54 Å². The Bertz CT molecular complexity index is 457. The van der Waals surface area contributed by atoms with E-state index in [1.165, 1.54) is 6.21 Å². The Labute approximate surface area is 110 Å². The van der Waals surface area contributed by atoms with Gasteiger partial charge in [0, 0.05) is 5.69 Å². The minimum absolute atomic E-state index is 0.169. The van der Waals surface area contributed by atoms with Crippen LogP contribution in [-0.4, -0.2) is 31.4 Å². The largest absolute Gasteiger partial charge is 0.465 e. The molecule has 1 aromatic carbocycles. The number of nitrogens with one attached hydrogen (secondary N) is 2. The van der Waals surface area contributed by atoms with E-state index in [0.717, 1.165) is 5.56 Å². The summed E-state index contributed by atoms with van der Waals surface area (Å²) in [7, 11) is 0. The highest BCUT2D eigenvalue weighted by Gasteiger charge is 2.05. The second-order valence-corrected chi connectivity index (χ2v) is 3.51. The second kappa shape index (κ2) is 7.70. The van der Waals surface area contributed by atoms with Gasteiger partial charge in [-0.2, -0.15) is 5.10 Å². The minimum Gasteiger partial charge on any atom is -0.465 e. The van der Waals surface area contributed by atoms with Gasteiger partial charge in [0.2, 0.25) is 0 Å². The summed E-state index contributed by atoms with van der Waals surface area (Å²) >= 11 is 0. The lowest BCUT2D eigenvalue weighted by Gasteiger charge is -2.07. The molecule has 0 aromatic heterocycles. The van der Waals surface area contributed by atoms with Gasteiger partial charge in [-0.1, -0.05) is 12.1 Å². The molecular weight excluding hydrogens is 248 g/mol. The van der Waals surface area contributed by atoms with E-state index in [-0.39, 0.29) is 13.2 Å². The molecule has 0 aliphatic heterocycles. The first-order valence-electron chi connectivity index (χ1n) is 5.69. The fourth-order valence-corrected chi connectivity index (χ4v) is 1.28. The molecule has 0 radical (unpaired) electrons. The Hall–Kier alpha value is -2.57. The second-order valence-electron chi connectivity index (χ2n) is 3.51. The van der Waals surface area contributed by atoms with Gasteiger partial charge >= 0.3 is 12.0 Å². The van der Waals surface area contributed by atoms with Gasteiger partial charge in [0.15, 0.2) is 0 Å². The molecule has 0 heterocycles. The number of ether oxygens (including phenoxy) is 1. The van der Waals surface area contributed by atoms with E-state index in [0.29, 0.717) is 5.69 Å². The van der Waals surface area contributed by atoms with Crippen molar-refractivity contribution in [1.29, 1.82) is 0 Å². The minimum atomic E-state index is -0.479. The summed E-state index contributed by atoms with van der Waals surface area (Å²) in [6.45, 7) is 1.81.